The zero-order valence-corrected chi connectivity index (χ0v) is 10.2. The van der Waals surface area contributed by atoms with Crippen molar-refractivity contribution in [1.82, 2.24) is 10.1 Å². The SMILES string of the molecule is CC(C)c1ccc(-c2nc(C(C)O)no2)cc1. The normalized spacial score (nSPS) is 13.0. The molecule has 0 spiro atoms. The predicted molar refractivity (Wildman–Crippen MR) is 64.5 cm³/mol. The van der Waals surface area contributed by atoms with E-state index in [1.54, 1.807) is 6.92 Å². The van der Waals surface area contributed by atoms with Crippen LogP contribution in [0.15, 0.2) is 28.8 Å². The number of benzene rings is 1. The molecule has 0 aliphatic carbocycles. The fourth-order valence-corrected chi connectivity index (χ4v) is 1.53. The summed E-state index contributed by atoms with van der Waals surface area (Å²) in [4.78, 5) is 4.13. The smallest absolute Gasteiger partial charge is 0.258 e. The van der Waals surface area contributed by atoms with Crippen LogP contribution in [0.4, 0.5) is 0 Å². The monoisotopic (exact) mass is 232 g/mol. The van der Waals surface area contributed by atoms with E-state index >= 15 is 0 Å². The standard InChI is InChI=1S/C13H16N2O2/c1-8(2)10-4-6-11(7-5-10)13-14-12(9(3)16)15-17-13/h4-9,16H,1-3H3. The molecule has 0 saturated carbocycles. The van der Waals surface area contributed by atoms with Crippen molar-refractivity contribution in [3.8, 4) is 11.5 Å². The first-order chi connectivity index (χ1) is 8.08. The minimum Gasteiger partial charge on any atom is -0.385 e. The quantitative estimate of drug-likeness (QED) is 0.883. The van der Waals surface area contributed by atoms with Crippen LogP contribution in [0.2, 0.25) is 0 Å². The average molecular weight is 232 g/mol. The Labute approximate surface area is 100 Å². The van der Waals surface area contributed by atoms with Crippen molar-refractivity contribution < 1.29 is 9.63 Å². The average Bonchev–Trinajstić information content (AvgIpc) is 2.78. The molecule has 17 heavy (non-hydrogen) atoms. The van der Waals surface area contributed by atoms with Gasteiger partial charge in [-0.1, -0.05) is 31.1 Å². The summed E-state index contributed by atoms with van der Waals surface area (Å²) in [5.74, 6) is 1.25. The van der Waals surface area contributed by atoms with Crippen LogP contribution in [0.25, 0.3) is 11.5 Å². The molecule has 1 aromatic heterocycles. The van der Waals surface area contributed by atoms with Crippen LogP contribution >= 0.6 is 0 Å². The van der Waals surface area contributed by atoms with Crippen LogP contribution < -0.4 is 0 Å². The Morgan fingerprint density at radius 1 is 1.12 bits per heavy atom. The second-order valence-corrected chi connectivity index (χ2v) is 4.41. The molecule has 1 aromatic carbocycles. The molecular formula is C13H16N2O2. The Morgan fingerprint density at radius 3 is 2.24 bits per heavy atom. The highest BCUT2D eigenvalue weighted by Crippen LogP contribution is 2.22. The van der Waals surface area contributed by atoms with Gasteiger partial charge in [0.1, 0.15) is 6.10 Å². The molecule has 0 aliphatic heterocycles. The molecule has 1 heterocycles. The van der Waals surface area contributed by atoms with Crippen LogP contribution in [0, 0.1) is 0 Å². The van der Waals surface area contributed by atoms with E-state index in [0.717, 1.165) is 5.56 Å². The first-order valence-electron chi connectivity index (χ1n) is 5.70. The molecule has 2 aromatic rings. The maximum absolute atomic E-state index is 9.32. The lowest BCUT2D eigenvalue weighted by Crippen LogP contribution is -1.93. The van der Waals surface area contributed by atoms with Gasteiger partial charge in [0, 0.05) is 5.56 Å². The summed E-state index contributed by atoms with van der Waals surface area (Å²) in [6.07, 6.45) is -0.706. The number of nitrogens with zero attached hydrogens (tertiary/aromatic N) is 2. The molecule has 0 bridgehead atoms. The summed E-state index contributed by atoms with van der Waals surface area (Å²) < 4.78 is 5.09. The van der Waals surface area contributed by atoms with Crippen LogP contribution in [0.1, 0.15) is 44.2 Å². The summed E-state index contributed by atoms with van der Waals surface area (Å²) in [6, 6.07) is 8.00. The lowest BCUT2D eigenvalue weighted by molar-refractivity contribution is 0.184. The fraction of sp³-hybridized carbons (Fsp3) is 0.385. The maximum Gasteiger partial charge on any atom is 0.258 e. The summed E-state index contributed by atoms with van der Waals surface area (Å²) in [5, 5.41) is 13.0. The Bertz CT molecular complexity index is 486. The van der Waals surface area contributed by atoms with Gasteiger partial charge < -0.3 is 9.63 Å². The van der Waals surface area contributed by atoms with Crippen molar-refractivity contribution in [2.45, 2.75) is 32.8 Å². The van der Waals surface area contributed by atoms with Crippen LogP contribution in [0.3, 0.4) is 0 Å². The molecule has 0 fully saturated rings. The van der Waals surface area contributed by atoms with Crippen molar-refractivity contribution >= 4 is 0 Å². The third-order valence-corrected chi connectivity index (χ3v) is 2.64. The minimum absolute atomic E-state index is 0.313. The molecule has 4 heteroatoms. The molecule has 1 N–H and O–H groups in total. The Kier molecular flexibility index (Phi) is 3.24. The fourth-order valence-electron chi connectivity index (χ4n) is 1.53. The summed E-state index contributed by atoms with van der Waals surface area (Å²) in [7, 11) is 0. The van der Waals surface area contributed by atoms with Crippen LogP contribution in [-0.2, 0) is 0 Å². The highest BCUT2D eigenvalue weighted by Gasteiger charge is 2.12. The molecule has 1 unspecified atom stereocenters. The largest absolute Gasteiger partial charge is 0.385 e. The Hall–Kier alpha value is -1.68. The van der Waals surface area contributed by atoms with Gasteiger partial charge in [0.15, 0.2) is 5.82 Å². The van der Waals surface area contributed by atoms with Crippen molar-refractivity contribution in [1.29, 1.82) is 0 Å². The van der Waals surface area contributed by atoms with Crippen molar-refractivity contribution in [2.24, 2.45) is 0 Å². The van der Waals surface area contributed by atoms with Gasteiger partial charge in [0.25, 0.3) is 5.89 Å². The van der Waals surface area contributed by atoms with E-state index in [0.29, 0.717) is 17.6 Å². The number of aliphatic hydroxyl groups is 1. The zero-order chi connectivity index (χ0) is 12.4. The van der Waals surface area contributed by atoms with E-state index in [-0.39, 0.29) is 0 Å². The number of rotatable bonds is 3. The van der Waals surface area contributed by atoms with Crippen molar-refractivity contribution in [3.63, 3.8) is 0 Å². The molecule has 0 saturated heterocycles. The number of aliphatic hydroxyl groups excluding tert-OH is 1. The van der Waals surface area contributed by atoms with E-state index in [9.17, 15) is 5.11 Å². The molecule has 0 radical (unpaired) electrons. The van der Waals surface area contributed by atoms with Gasteiger partial charge in [-0.3, -0.25) is 0 Å². The second kappa shape index (κ2) is 4.67. The first-order valence-corrected chi connectivity index (χ1v) is 5.70. The van der Waals surface area contributed by atoms with E-state index in [4.69, 9.17) is 4.52 Å². The van der Waals surface area contributed by atoms with Crippen LogP contribution in [-0.4, -0.2) is 15.2 Å². The van der Waals surface area contributed by atoms with E-state index in [2.05, 4.69) is 24.0 Å². The Balaban J connectivity index is 2.27. The molecule has 1 atom stereocenters. The molecule has 0 aliphatic rings. The van der Waals surface area contributed by atoms with Crippen molar-refractivity contribution in [2.75, 3.05) is 0 Å². The lowest BCUT2D eigenvalue weighted by Gasteiger charge is -2.04. The molecule has 2 rings (SSSR count). The molecule has 0 amide bonds. The summed E-state index contributed by atoms with van der Waals surface area (Å²) in [6.45, 7) is 5.90. The van der Waals surface area contributed by atoms with Gasteiger partial charge in [-0.2, -0.15) is 4.98 Å². The molecule has 4 nitrogen and oxygen atoms in total. The third kappa shape index (κ3) is 2.53. The number of hydrogen-bond donors (Lipinski definition) is 1. The predicted octanol–water partition coefficient (Wildman–Crippen LogP) is 2.91. The number of aromatic nitrogens is 2. The zero-order valence-electron chi connectivity index (χ0n) is 10.2. The number of hydrogen-bond acceptors (Lipinski definition) is 4. The van der Waals surface area contributed by atoms with Gasteiger partial charge in [0.05, 0.1) is 0 Å². The van der Waals surface area contributed by atoms with E-state index in [1.165, 1.54) is 5.56 Å². The van der Waals surface area contributed by atoms with E-state index in [1.807, 2.05) is 24.3 Å². The van der Waals surface area contributed by atoms with Gasteiger partial charge in [-0.05, 0) is 30.5 Å². The lowest BCUT2D eigenvalue weighted by atomic mass is 10.0. The Morgan fingerprint density at radius 2 is 1.76 bits per heavy atom. The second-order valence-electron chi connectivity index (χ2n) is 4.41. The summed E-state index contributed by atoms with van der Waals surface area (Å²) in [5.41, 5.74) is 2.14. The minimum atomic E-state index is -0.706. The topological polar surface area (TPSA) is 59.2 Å². The maximum atomic E-state index is 9.32. The highest BCUT2D eigenvalue weighted by molar-refractivity contribution is 5.53. The highest BCUT2D eigenvalue weighted by atomic mass is 16.5. The van der Waals surface area contributed by atoms with Gasteiger partial charge in [0.2, 0.25) is 0 Å². The summed E-state index contributed by atoms with van der Waals surface area (Å²) >= 11 is 0. The van der Waals surface area contributed by atoms with Gasteiger partial charge in [-0.15, -0.1) is 0 Å². The molecular weight excluding hydrogens is 216 g/mol. The third-order valence-electron chi connectivity index (χ3n) is 2.64. The van der Waals surface area contributed by atoms with Crippen LogP contribution in [0.5, 0.6) is 0 Å². The van der Waals surface area contributed by atoms with Gasteiger partial charge in [-0.25, -0.2) is 0 Å². The first kappa shape index (κ1) is 11.8. The van der Waals surface area contributed by atoms with E-state index < -0.39 is 6.10 Å². The molecule has 90 valence electrons. The van der Waals surface area contributed by atoms with Gasteiger partial charge >= 0.3 is 0 Å². The van der Waals surface area contributed by atoms with Crippen molar-refractivity contribution in [3.05, 3.63) is 35.7 Å².